The molecule has 4 heterocycles. The van der Waals surface area contributed by atoms with E-state index in [0.717, 1.165) is 38.8 Å². The van der Waals surface area contributed by atoms with Crippen LogP contribution in [0.4, 0.5) is 0 Å². The molecule has 0 saturated carbocycles. The molecule has 6 aromatic rings. The molecule has 4 heteroatoms. The zero-order chi connectivity index (χ0) is 18.8. The lowest BCUT2D eigenvalue weighted by atomic mass is 10.0. The smallest absolute Gasteiger partial charge is 0.401 e. The van der Waals surface area contributed by atoms with Crippen LogP contribution in [0, 0.1) is 13.8 Å². The summed E-state index contributed by atoms with van der Waals surface area (Å²) in [6.45, 7) is 4.20. The van der Waals surface area contributed by atoms with Crippen molar-refractivity contribution < 1.29 is 8.93 Å². The van der Waals surface area contributed by atoms with Crippen LogP contribution >= 0.6 is 0 Å². The molecule has 0 atom stereocenters. The van der Waals surface area contributed by atoms with E-state index in [-0.39, 0.29) is 0 Å². The molecule has 4 aromatic heterocycles. The minimum atomic E-state index is 0.838. The van der Waals surface area contributed by atoms with Crippen molar-refractivity contribution in [1.82, 2.24) is 9.50 Å². The average Bonchev–Trinajstić information content (AvgIpc) is 3.28. The van der Waals surface area contributed by atoms with Crippen molar-refractivity contribution in [3.8, 4) is 11.3 Å². The summed E-state index contributed by atoms with van der Waals surface area (Å²) < 4.78 is 10.7. The van der Waals surface area contributed by atoms with Gasteiger partial charge in [-0.2, -0.15) is 0 Å². The van der Waals surface area contributed by atoms with E-state index in [2.05, 4.69) is 94.9 Å². The van der Waals surface area contributed by atoms with Gasteiger partial charge in [-0.1, -0.05) is 24.3 Å². The molecule has 28 heavy (non-hydrogen) atoms. The fourth-order valence-corrected chi connectivity index (χ4v) is 4.00. The number of aryl methyl sites for hydroxylation is 2. The Morgan fingerprint density at radius 2 is 1.82 bits per heavy atom. The third kappa shape index (κ3) is 2.00. The first kappa shape index (κ1) is 15.4. The molecule has 0 N–H and O–H groups in total. The summed E-state index contributed by atoms with van der Waals surface area (Å²) in [5.74, 6) is 0. The second-order valence-electron chi connectivity index (χ2n) is 7.35. The summed E-state index contributed by atoms with van der Waals surface area (Å²) >= 11 is 0. The van der Waals surface area contributed by atoms with Crippen molar-refractivity contribution in [1.29, 1.82) is 0 Å². The van der Waals surface area contributed by atoms with Crippen LogP contribution in [0.25, 0.3) is 44.2 Å². The first-order chi connectivity index (χ1) is 13.7. The van der Waals surface area contributed by atoms with Gasteiger partial charge in [-0.25, -0.2) is 0 Å². The van der Waals surface area contributed by atoms with Gasteiger partial charge in [-0.05, 0) is 59.8 Å². The van der Waals surface area contributed by atoms with Crippen LogP contribution in [0.3, 0.4) is 0 Å². The Morgan fingerprint density at radius 3 is 2.71 bits per heavy atom. The van der Waals surface area contributed by atoms with Gasteiger partial charge in [-0.15, -0.1) is 4.52 Å². The predicted molar refractivity (Wildman–Crippen MR) is 111 cm³/mol. The molecule has 6 rings (SSSR count). The van der Waals surface area contributed by atoms with E-state index in [1.165, 1.54) is 16.5 Å². The molecule has 0 aliphatic heterocycles. The third-order valence-corrected chi connectivity index (χ3v) is 5.65. The topological polar surface area (TPSA) is 34.5 Å². The van der Waals surface area contributed by atoms with Crippen molar-refractivity contribution in [2.24, 2.45) is 0 Å². The largest absolute Gasteiger partial charge is 0.411 e. The number of aromatic nitrogens is 3. The van der Waals surface area contributed by atoms with E-state index >= 15 is 0 Å². The average molecular weight is 364 g/mol. The van der Waals surface area contributed by atoms with Crippen LogP contribution in [0.15, 0.2) is 77.6 Å². The van der Waals surface area contributed by atoms with Crippen molar-refractivity contribution in [2.75, 3.05) is 0 Å². The molecule has 0 bridgehead atoms. The predicted octanol–water partition coefficient (Wildman–Crippen LogP) is 5.26. The lowest BCUT2D eigenvalue weighted by Gasteiger charge is -2.04. The number of fused-ring (bicyclic) bond motifs is 7. The van der Waals surface area contributed by atoms with E-state index in [4.69, 9.17) is 4.42 Å². The highest BCUT2D eigenvalue weighted by Gasteiger charge is 2.22. The lowest BCUT2D eigenvalue weighted by Crippen LogP contribution is -2.27. The molecule has 0 unspecified atom stereocenters. The number of hydrogen-bond acceptors (Lipinski definition) is 2. The van der Waals surface area contributed by atoms with Gasteiger partial charge in [0.25, 0.3) is 0 Å². The monoisotopic (exact) mass is 364 g/mol. The third-order valence-electron chi connectivity index (χ3n) is 5.65. The van der Waals surface area contributed by atoms with E-state index < -0.39 is 0 Å². The molecular formula is C24H18N3O+. The minimum Gasteiger partial charge on any atom is -0.401 e. The SMILES string of the molecule is Cc1cnc(-c2cccc3c2oc2c3ccn3c4ccccc4c[n+]23)cc1C. The second-order valence-corrected chi connectivity index (χ2v) is 7.35. The number of pyridine rings is 1. The molecule has 0 spiro atoms. The number of benzene rings is 2. The van der Waals surface area contributed by atoms with Crippen LogP contribution < -0.4 is 4.52 Å². The maximum absolute atomic E-state index is 6.45. The molecule has 0 aliphatic carbocycles. The Labute approximate surface area is 161 Å². The molecular weight excluding hydrogens is 346 g/mol. The van der Waals surface area contributed by atoms with Crippen molar-refractivity contribution >= 4 is 33.0 Å². The van der Waals surface area contributed by atoms with Crippen molar-refractivity contribution in [2.45, 2.75) is 13.8 Å². The highest BCUT2D eigenvalue weighted by atomic mass is 16.3. The summed E-state index contributed by atoms with van der Waals surface area (Å²) in [7, 11) is 0. The van der Waals surface area contributed by atoms with Crippen LogP contribution in [-0.2, 0) is 0 Å². The Hall–Kier alpha value is -3.66. The Balaban J connectivity index is 1.73. The fraction of sp³-hybridized carbons (Fsp3) is 0.0833. The summed E-state index contributed by atoms with van der Waals surface area (Å²) in [4.78, 5) is 4.65. The van der Waals surface area contributed by atoms with Gasteiger partial charge in [-0.3, -0.25) is 4.98 Å². The first-order valence-corrected chi connectivity index (χ1v) is 9.40. The highest BCUT2D eigenvalue weighted by molar-refractivity contribution is 6.07. The molecule has 0 radical (unpaired) electrons. The van der Waals surface area contributed by atoms with Gasteiger partial charge in [0, 0.05) is 17.1 Å². The summed E-state index contributed by atoms with van der Waals surface area (Å²) in [5, 5.41) is 3.38. The molecule has 134 valence electrons. The Bertz CT molecular complexity index is 1540. The Kier molecular flexibility index (Phi) is 2.98. The normalized spacial score (nSPS) is 11.9. The number of para-hydroxylation sites is 2. The first-order valence-electron chi connectivity index (χ1n) is 9.40. The number of furan rings is 1. The minimum absolute atomic E-state index is 0.838. The van der Waals surface area contributed by atoms with Crippen LogP contribution in [-0.4, -0.2) is 9.50 Å². The van der Waals surface area contributed by atoms with Gasteiger partial charge in [0.2, 0.25) is 6.20 Å². The quantitative estimate of drug-likeness (QED) is 0.373. The van der Waals surface area contributed by atoms with Crippen LogP contribution in [0.5, 0.6) is 0 Å². The van der Waals surface area contributed by atoms with E-state index in [0.29, 0.717) is 0 Å². The number of hydrogen-bond donors (Lipinski definition) is 0. The van der Waals surface area contributed by atoms with Crippen molar-refractivity contribution in [3.05, 3.63) is 84.3 Å². The molecule has 0 amide bonds. The van der Waals surface area contributed by atoms with Gasteiger partial charge in [0.1, 0.15) is 10.9 Å². The van der Waals surface area contributed by atoms with Gasteiger partial charge in [0.05, 0.1) is 17.3 Å². The lowest BCUT2D eigenvalue weighted by molar-refractivity contribution is -0.594. The van der Waals surface area contributed by atoms with Crippen LogP contribution in [0.1, 0.15) is 11.1 Å². The van der Waals surface area contributed by atoms with Gasteiger partial charge in [0.15, 0.2) is 5.58 Å². The summed E-state index contributed by atoms with van der Waals surface area (Å²) in [6, 6.07) is 18.9. The fourth-order valence-electron chi connectivity index (χ4n) is 4.00. The van der Waals surface area contributed by atoms with E-state index in [1.807, 2.05) is 6.20 Å². The van der Waals surface area contributed by atoms with Gasteiger partial charge < -0.3 is 4.42 Å². The highest BCUT2D eigenvalue weighted by Crippen LogP contribution is 2.34. The van der Waals surface area contributed by atoms with Crippen LogP contribution in [0.2, 0.25) is 0 Å². The standard InChI is InChI=1S/C24H18N3O/c1-15-12-21(25-13-16(15)2)20-8-5-7-18-19-10-11-26-22-9-4-3-6-17(22)14-27(26)24(19)28-23(18)20/h3-14H,1-2H3/q+1. The van der Waals surface area contributed by atoms with E-state index in [1.54, 1.807) is 0 Å². The number of nitrogens with zero attached hydrogens (tertiary/aromatic N) is 3. The van der Waals surface area contributed by atoms with E-state index in [9.17, 15) is 0 Å². The molecule has 0 saturated heterocycles. The Morgan fingerprint density at radius 1 is 0.929 bits per heavy atom. The summed E-state index contributed by atoms with van der Waals surface area (Å²) in [5.41, 5.74) is 7.25. The van der Waals surface area contributed by atoms with Crippen molar-refractivity contribution in [3.63, 3.8) is 0 Å². The molecule has 4 nitrogen and oxygen atoms in total. The molecule has 2 aromatic carbocycles. The summed E-state index contributed by atoms with van der Waals surface area (Å²) in [6.07, 6.45) is 6.15. The number of rotatable bonds is 1. The zero-order valence-corrected chi connectivity index (χ0v) is 15.7. The molecule has 0 fully saturated rings. The maximum Gasteiger partial charge on any atom is 0.411 e. The second kappa shape index (κ2) is 5.42. The van der Waals surface area contributed by atoms with Gasteiger partial charge >= 0.3 is 5.71 Å². The maximum atomic E-state index is 6.45. The zero-order valence-electron chi connectivity index (χ0n) is 15.7. The molecule has 0 aliphatic rings.